The second-order valence-electron chi connectivity index (χ2n) is 6.85. The van der Waals surface area contributed by atoms with Crippen LogP contribution in [0.5, 0.6) is 0 Å². The molecule has 122 valence electrons. The molecule has 0 aromatic heterocycles. The highest BCUT2D eigenvalue weighted by molar-refractivity contribution is 9.10. The van der Waals surface area contributed by atoms with E-state index in [1.807, 2.05) is 0 Å². The summed E-state index contributed by atoms with van der Waals surface area (Å²) in [6, 6.07) is 8.83. The summed E-state index contributed by atoms with van der Waals surface area (Å²) in [4.78, 5) is 0. The quantitative estimate of drug-likeness (QED) is 0.698. The smallest absolute Gasteiger partial charge is 0.160 e. The predicted molar refractivity (Wildman–Crippen MR) is 92.9 cm³/mol. The van der Waals surface area contributed by atoms with Crippen molar-refractivity contribution in [3.05, 3.63) is 34.3 Å². The number of hydrogen-bond acceptors (Lipinski definition) is 2. The molecule has 2 fully saturated rings. The van der Waals surface area contributed by atoms with Crippen LogP contribution in [-0.2, 0) is 9.47 Å². The molecule has 3 heteroatoms. The fraction of sp³-hybridized carbons (Fsp3) is 0.684. The molecule has 1 aromatic carbocycles. The lowest BCUT2D eigenvalue weighted by molar-refractivity contribution is -0.229. The first-order valence-electron chi connectivity index (χ1n) is 8.75. The summed E-state index contributed by atoms with van der Waals surface area (Å²) in [6.07, 6.45) is 7.47. The average Bonchev–Trinajstić information content (AvgIpc) is 2.57. The summed E-state index contributed by atoms with van der Waals surface area (Å²) in [7, 11) is 0. The van der Waals surface area contributed by atoms with E-state index in [-0.39, 0.29) is 6.29 Å². The van der Waals surface area contributed by atoms with Gasteiger partial charge in [-0.05, 0) is 55.7 Å². The first-order chi connectivity index (χ1) is 10.8. The SMILES string of the molecule is CCCC1COC(C2CCC(c3ccc(Br)cc3)CC2)OC1. The zero-order valence-electron chi connectivity index (χ0n) is 13.5. The highest BCUT2D eigenvalue weighted by atomic mass is 79.9. The van der Waals surface area contributed by atoms with E-state index in [0.29, 0.717) is 17.8 Å². The van der Waals surface area contributed by atoms with Gasteiger partial charge in [-0.1, -0.05) is 41.4 Å². The number of ether oxygens (including phenoxy) is 2. The Hall–Kier alpha value is -0.380. The molecular formula is C19H27BrO2. The third-order valence-electron chi connectivity index (χ3n) is 5.19. The Kier molecular flexibility index (Phi) is 5.95. The van der Waals surface area contributed by atoms with Crippen LogP contribution in [0.25, 0.3) is 0 Å². The summed E-state index contributed by atoms with van der Waals surface area (Å²) in [5.74, 6) is 1.91. The largest absolute Gasteiger partial charge is 0.352 e. The van der Waals surface area contributed by atoms with Gasteiger partial charge in [0.2, 0.25) is 0 Å². The fourth-order valence-corrected chi connectivity index (χ4v) is 4.13. The lowest BCUT2D eigenvalue weighted by atomic mass is 9.78. The van der Waals surface area contributed by atoms with Gasteiger partial charge in [-0.2, -0.15) is 0 Å². The summed E-state index contributed by atoms with van der Waals surface area (Å²) < 4.78 is 13.2. The van der Waals surface area contributed by atoms with Crippen molar-refractivity contribution in [2.45, 2.75) is 57.7 Å². The van der Waals surface area contributed by atoms with Gasteiger partial charge in [0.15, 0.2) is 6.29 Å². The van der Waals surface area contributed by atoms with Gasteiger partial charge in [0.05, 0.1) is 13.2 Å². The number of hydrogen-bond donors (Lipinski definition) is 0. The van der Waals surface area contributed by atoms with Crippen molar-refractivity contribution in [1.29, 1.82) is 0 Å². The second kappa shape index (κ2) is 7.94. The lowest BCUT2D eigenvalue weighted by Gasteiger charge is -2.37. The summed E-state index contributed by atoms with van der Waals surface area (Å²) >= 11 is 3.51. The standard InChI is InChI=1S/C19H27BrO2/c1-2-3-14-12-21-19(22-13-14)17-6-4-15(5-7-17)16-8-10-18(20)11-9-16/h8-11,14-15,17,19H,2-7,12-13H2,1H3. The van der Waals surface area contributed by atoms with Crippen molar-refractivity contribution < 1.29 is 9.47 Å². The maximum atomic E-state index is 6.01. The van der Waals surface area contributed by atoms with Crippen molar-refractivity contribution in [3.8, 4) is 0 Å². The normalized spacial score (nSPS) is 32.8. The van der Waals surface area contributed by atoms with Crippen LogP contribution in [0.4, 0.5) is 0 Å². The Balaban J connectivity index is 1.47. The van der Waals surface area contributed by atoms with Crippen molar-refractivity contribution in [2.24, 2.45) is 11.8 Å². The molecule has 1 aliphatic carbocycles. The van der Waals surface area contributed by atoms with Gasteiger partial charge < -0.3 is 9.47 Å². The number of halogens is 1. The highest BCUT2D eigenvalue weighted by Crippen LogP contribution is 2.39. The van der Waals surface area contributed by atoms with E-state index < -0.39 is 0 Å². The second-order valence-corrected chi connectivity index (χ2v) is 7.77. The van der Waals surface area contributed by atoms with Crippen LogP contribution in [0.1, 0.15) is 56.9 Å². The van der Waals surface area contributed by atoms with Crippen LogP contribution in [0.2, 0.25) is 0 Å². The van der Waals surface area contributed by atoms with Gasteiger partial charge in [-0.15, -0.1) is 0 Å². The van der Waals surface area contributed by atoms with Crippen LogP contribution >= 0.6 is 15.9 Å². The van der Waals surface area contributed by atoms with E-state index >= 15 is 0 Å². The Morgan fingerprint density at radius 3 is 2.23 bits per heavy atom. The molecule has 0 bridgehead atoms. The molecule has 0 amide bonds. The lowest BCUT2D eigenvalue weighted by Crippen LogP contribution is -2.38. The van der Waals surface area contributed by atoms with Crippen molar-refractivity contribution in [2.75, 3.05) is 13.2 Å². The molecule has 1 aromatic rings. The van der Waals surface area contributed by atoms with Crippen molar-refractivity contribution in [1.82, 2.24) is 0 Å². The number of benzene rings is 1. The summed E-state index contributed by atoms with van der Waals surface area (Å²) in [6.45, 7) is 4.02. The van der Waals surface area contributed by atoms with Gasteiger partial charge in [0.1, 0.15) is 0 Å². The van der Waals surface area contributed by atoms with E-state index in [2.05, 4.69) is 47.1 Å². The van der Waals surface area contributed by atoms with E-state index in [0.717, 1.165) is 17.7 Å². The van der Waals surface area contributed by atoms with Gasteiger partial charge in [-0.25, -0.2) is 0 Å². The van der Waals surface area contributed by atoms with Gasteiger partial charge in [0, 0.05) is 16.3 Å². The summed E-state index contributed by atoms with van der Waals surface area (Å²) in [5.41, 5.74) is 1.48. The van der Waals surface area contributed by atoms with Crippen LogP contribution in [0.15, 0.2) is 28.7 Å². The Labute approximate surface area is 142 Å². The molecule has 0 unspecified atom stereocenters. The molecule has 0 spiro atoms. The molecule has 1 aliphatic heterocycles. The molecule has 2 aliphatic rings. The minimum Gasteiger partial charge on any atom is -0.352 e. The van der Waals surface area contributed by atoms with E-state index in [9.17, 15) is 0 Å². The van der Waals surface area contributed by atoms with Crippen LogP contribution in [0, 0.1) is 11.8 Å². The molecule has 1 saturated heterocycles. The molecular weight excluding hydrogens is 340 g/mol. The fourth-order valence-electron chi connectivity index (χ4n) is 3.86. The Morgan fingerprint density at radius 1 is 1.00 bits per heavy atom. The molecule has 3 rings (SSSR count). The zero-order valence-corrected chi connectivity index (χ0v) is 15.1. The van der Waals surface area contributed by atoms with E-state index in [1.54, 1.807) is 0 Å². The van der Waals surface area contributed by atoms with Crippen LogP contribution in [0.3, 0.4) is 0 Å². The molecule has 0 N–H and O–H groups in total. The molecule has 0 atom stereocenters. The first-order valence-corrected chi connectivity index (χ1v) is 9.54. The van der Waals surface area contributed by atoms with E-state index in [4.69, 9.17) is 9.47 Å². The van der Waals surface area contributed by atoms with Gasteiger partial charge >= 0.3 is 0 Å². The topological polar surface area (TPSA) is 18.5 Å². The van der Waals surface area contributed by atoms with Crippen molar-refractivity contribution >= 4 is 15.9 Å². The molecule has 1 heterocycles. The molecule has 2 nitrogen and oxygen atoms in total. The maximum absolute atomic E-state index is 6.01. The molecule has 0 radical (unpaired) electrons. The average molecular weight is 367 g/mol. The first kappa shape index (κ1) is 16.5. The third kappa shape index (κ3) is 4.12. The van der Waals surface area contributed by atoms with Gasteiger partial charge in [-0.3, -0.25) is 0 Å². The summed E-state index contributed by atoms with van der Waals surface area (Å²) in [5, 5.41) is 0. The Bertz CT molecular complexity index is 443. The van der Waals surface area contributed by atoms with Crippen LogP contribution in [-0.4, -0.2) is 19.5 Å². The number of rotatable bonds is 4. The highest BCUT2D eigenvalue weighted by Gasteiger charge is 2.32. The third-order valence-corrected chi connectivity index (χ3v) is 5.72. The maximum Gasteiger partial charge on any atom is 0.160 e. The Morgan fingerprint density at radius 2 is 1.64 bits per heavy atom. The monoisotopic (exact) mass is 366 g/mol. The van der Waals surface area contributed by atoms with Crippen molar-refractivity contribution in [3.63, 3.8) is 0 Å². The molecule has 1 saturated carbocycles. The molecule has 22 heavy (non-hydrogen) atoms. The van der Waals surface area contributed by atoms with E-state index in [1.165, 1.54) is 44.1 Å². The minimum absolute atomic E-state index is 0.0546. The van der Waals surface area contributed by atoms with Crippen LogP contribution < -0.4 is 0 Å². The predicted octanol–water partition coefficient (Wildman–Crippen LogP) is 5.51. The zero-order chi connectivity index (χ0) is 15.4. The minimum atomic E-state index is 0.0546. The van der Waals surface area contributed by atoms with Gasteiger partial charge in [0.25, 0.3) is 0 Å².